The second-order valence-electron chi connectivity index (χ2n) is 8.33. The lowest BCUT2D eigenvalue weighted by atomic mass is 9.90. The average molecular weight is 444 g/mol. The van der Waals surface area contributed by atoms with Crippen LogP contribution in [0.25, 0.3) is 10.8 Å². The first-order valence-corrected chi connectivity index (χ1v) is 10.4. The maximum atomic E-state index is 13.2. The van der Waals surface area contributed by atoms with Crippen molar-refractivity contribution >= 4 is 40.2 Å². The van der Waals surface area contributed by atoms with Crippen LogP contribution >= 0.6 is 0 Å². The fourth-order valence-corrected chi connectivity index (χ4v) is 3.83. The molecule has 1 atom stereocenters. The molecule has 0 bridgehead atoms. The summed E-state index contributed by atoms with van der Waals surface area (Å²) >= 11 is 0. The van der Waals surface area contributed by atoms with E-state index >= 15 is 0 Å². The summed E-state index contributed by atoms with van der Waals surface area (Å²) < 4.78 is 0. The van der Waals surface area contributed by atoms with Gasteiger partial charge in [0.2, 0.25) is 5.91 Å². The van der Waals surface area contributed by atoms with Gasteiger partial charge in [0.15, 0.2) is 0 Å². The van der Waals surface area contributed by atoms with Crippen molar-refractivity contribution < 1.29 is 19.2 Å². The Morgan fingerprint density at radius 3 is 2.30 bits per heavy atom. The van der Waals surface area contributed by atoms with Crippen molar-refractivity contribution in [2.45, 2.75) is 12.5 Å². The summed E-state index contributed by atoms with van der Waals surface area (Å²) in [6.07, 6.45) is 0. The van der Waals surface area contributed by atoms with E-state index in [1.807, 2.05) is 36.4 Å². The fourth-order valence-electron chi connectivity index (χ4n) is 3.83. The third-order valence-corrected chi connectivity index (χ3v) is 5.73. The fraction of sp³-hybridized carbons (Fsp3) is 0.200. The smallest absolute Gasteiger partial charge is 0.325 e. The Morgan fingerprint density at radius 1 is 0.970 bits per heavy atom. The second-order valence-corrected chi connectivity index (χ2v) is 8.33. The van der Waals surface area contributed by atoms with E-state index in [0.29, 0.717) is 16.8 Å². The van der Waals surface area contributed by atoms with Crippen molar-refractivity contribution in [3.63, 3.8) is 0 Å². The van der Waals surface area contributed by atoms with E-state index < -0.39 is 29.9 Å². The van der Waals surface area contributed by atoms with Gasteiger partial charge in [0.1, 0.15) is 12.1 Å². The van der Waals surface area contributed by atoms with E-state index in [0.717, 1.165) is 15.7 Å². The summed E-state index contributed by atoms with van der Waals surface area (Å²) in [6.45, 7) is 1.21. The topological polar surface area (TPSA) is 98.8 Å². The molecule has 2 N–H and O–H groups in total. The molecule has 1 aliphatic heterocycles. The molecule has 4 rings (SSSR count). The molecule has 1 saturated heterocycles. The average Bonchev–Trinajstić information content (AvgIpc) is 3.02. The Labute approximate surface area is 191 Å². The highest BCUT2D eigenvalue weighted by molar-refractivity contribution is 6.10. The molecule has 1 heterocycles. The number of amides is 5. The quantitative estimate of drug-likeness (QED) is 0.591. The Hall–Kier alpha value is -4.20. The predicted octanol–water partition coefficient (Wildman–Crippen LogP) is 2.95. The highest BCUT2D eigenvalue weighted by Gasteiger charge is 2.49. The lowest BCUT2D eigenvalue weighted by molar-refractivity contribution is -0.133. The number of imide groups is 1. The number of benzene rings is 3. The summed E-state index contributed by atoms with van der Waals surface area (Å²) in [5.74, 6) is -1.17. The molecular weight excluding hydrogens is 420 g/mol. The van der Waals surface area contributed by atoms with Gasteiger partial charge in [0.05, 0.1) is 0 Å². The Morgan fingerprint density at radius 2 is 1.64 bits per heavy atom. The number of urea groups is 1. The minimum Gasteiger partial charge on any atom is -0.345 e. The molecule has 1 aliphatic rings. The summed E-state index contributed by atoms with van der Waals surface area (Å²) in [4.78, 5) is 52.6. The van der Waals surface area contributed by atoms with Gasteiger partial charge in [-0.2, -0.15) is 0 Å². The molecule has 0 radical (unpaired) electrons. The zero-order valence-electron chi connectivity index (χ0n) is 18.6. The van der Waals surface area contributed by atoms with Crippen LogP contribution in [-0.2, 0) is 15.1 Å². The van der Waals surface area contributed by atoms with Gasteiger partial charge >= 0.3 is 6.03 Å². The van der Waals surface area contributed by atoms with Crippen LogP contribution in [-0.4, -0.2) is 54.2 Å². The third-order valence-electron chi connectivity index (χ3n) is 5.73. The number of fused-ring (bicyclic) bond motifs is 1. The molecule has 0 unspecified atom stereocenters. The molecule has 168 valence electrons. The number of carbonyl (C=O) groups excluding carboxylic acids is 4. The van der Waals surface area contributed by atoms with Crippen LogP contribution in [0.5, 0.6) is 0 Å². The number of hydrogen-bond donors (Lipinski definition) is 2. The van der Waals surface area contributed by atoms with Crippen LogP contribution in [0.15, 0.2) is 66.7 Å². The van der Waals surface area contributed by atoms with Gasteiger partial charge in [-0.1, -0.05) is 36.4 Å². The number of nitrogens with zero attached hydrogens (tertiary/aromatic N) is 2. The molecule has 0 saturated carbocycles. The third kappa shape index (κ3) is 4.15. The lowest BCUT2D eigenvalue weighted by Crippen LogP contribution is -2.42. The molecule has 0 aliphatic carbocycles. The summed E-state index contributed by atoms with van der Waals surface area (Å²) in [6, 6.07) is 19.1. The van der Waals surface area contributed by atoms with Crippen molar-refractivity contribution in [1.82, 2.24) is 15.1 Å². The Balaban J connectivity index is 1.47. The molecule has 3 aromatic rings. The number of hydrogen-bond acceptors (Lipinski definition) is 4. The van der Waals surface area contributed by atoms with Crippen LogP contribution in [0.4, 0.5) is 10.5 Å². The minimum atomic E-state index is -1.27. The first-order valence-electron chi connectivity index (χ1n) is 10.4. The normalized spacial score (nSPS) is 17.7. The molecule has 3 aromatic carbocycles. The molecule has 33 heavy (non-hydrogen) atoms. The van der Waals surface area contributed by atoms with Crippen molar-refractivity contribution in [3.8, 4) is 0 Å². The van der Waals surface area contributed by atoms with Gasteiger partial charge in [0, 0.05) is 25.3 Å². The van der Waals surface area contributed by atoms with E-state index in [4.69, 9.17) is 0 Å². The SMILES string of the molecule is CN(C)C(=O)c1ccc(NC(=O)CN2C(=O)N[C@@](C)(c3ccc4ccccc4c3)C2=O)cc1. The van der Waals surface area contributed by atoms with Crippen molar-refractivity contribution in [2.75, 3.05) is 26.0 Å². The van der Waals surface area contributed by atoms with Crippen LogP contribution < -0.4 is 10.6 Å². The van der Waals surface area contributed by atoms with Crippen molar-refractivity contribution in [2.24, 2.45) is 0 Å². The summed E-state index contributed by atoms with van der Waals surface area (Å²) in [5.41, 5.74) is 0.316. The van der Waals surface area contributed by atoms with Crippen molar-refractivity contribution in [1.29, 1.82) is 0 Å². The van der Waals surface area contributed by atoms with Gasteiger partial charge in [0.25, 0.3) is 11.8 Å². The van der Waals surface area contributed by atoms with Crippen molar-refractivity contribution in [3.05, 3.63) is 77.9 Å². The molecule has 5 amide bonds. The number of carbonyl (C=O) groups is 4. The van der Waals surface area contributed by atoms with E-state index in [2.05, 4.69) is 10.6 Å². The van der Waals surface area contributed by atoms with Crippen LogP contribution in [0, 0.1) is 0 Å². The highest BCUT2D eigenvalue weighted by atomic mass is 16.2. The van der Waals surface area contributed by atoms with Gasteiger partial charge in [-0.3, -0.25) is 19.3 Å². The van der Waals surface area contributed by atoms with E-state index in [1.54, 1.807) is 51.4 Å². The Kier molecular flexibility index (Phi) is 5.59. The van der Waals surface area contributed by atoms with Gasteiger partial charge in [-0.15, -0.1) is 0 Å². The van der Waals surface area contributed by atoms with Crippen LogP contribution in [0.2, 0.25) is 0 Å². The lowest BCUT2D eigenvalue weighted by Gasteiger charge is -2.22. The van der Waals surface area contributed by atoms with Gasteiger partial charge < -0.3 is 15.5 Å². The first-order chi connectivity index (χ1) is 15.7. The second kappa shape index (κ2) is 8.38. The van der Waals surface area contributed by atoms with Gasteiger partial charge in [-0.05, 0) is 53.6 Å². The van der Waals surface area contributed by atoms with E-state index in [1.165, 1.54) is 4.90 Å². The molecule has 0 spiro atoms. The maximum absolute atomic E-state index is 13.2. The van der Waals surface area contributed by atoms with Crippen LogP contribution in [0.3, 0.4) is 0 Å². The van der Waals surface area contributed by atoms with Crippen LogP contribution in [0.1, 0.15) is 22.8 Å². The monoisotopic (exact) mass is 444 g/mol. The molecular formula is C25H24N4O4. The molecule has 8 heteroatoms. The number of anilines is 1. The molecule has 0 aromatic heterocycles. The standard InChI is InChI=1S/C25H24N4O4/c1-25(19-11-8-16-6-4-5-7-18(16)14-19)23(32)29(24(33)27-25)15-21(30)26-20-12-9-17(10-13-20)22(31)28(2)3/h4-14H,15H2,1-3H3,(H,26,30)(H,27,33)/t25-/m0/s1. The highest BCUT2D eigenvalue weighted by Crippen LogP contribution is 2.31. The Bertz CT molecular complexity index is 1270. The predicted molar refractivity (Wildman–Crippen MR) is 125 cm³/mol. The van der Waals surface area contributed by atoms with Gasteiger partial charge in [-0.25, -0.2) is 4.79 Å². The van der Waals surface area contributed by atoms with E-state index in [9.17, 15) is 19.2 Å². The first kappa shape index (κ1) is 22.0. The zero-order chi connectivity index (χ0) is 23.8. The molecule has 8 nitrogen and oxygen atoms in total. The number of nitrogens with one attached hydrogen (secondary N) is 2. The minimum absolute atomic E-state index is 0.153. The largest absolute Gasteiger partial charge is 0.345 e. The molecule has 1 fully saturated rings. The summed E-state index contributed by atoms with van der Waals surface area (Å²) in [7, 11) is 3.31. The zero-order valence-corrected chi connectivity index (χ0v) is 18.6. The maximum Gasteiger partial charge on any atom is 0.325 e. The number of rotatable bonds is 5. The summed E-state index contributed by atoms with van der Waals surface area (Å²) in [5, 5.41) is 7.36. The van der Waals surface area contributed by atoms with E-state index in [-0.39, 0.29) is 5.91 Å².